The standard InChI is InChI=1S/C44H59FN8O9/c1-27(2)38(52-39(56)33(22-28-14-9-7-10-15-28)51-40(57)34(53(6)36(54)25-46)24-37(55)62-44(3,4)5)41(58)50-32(42(59)60)18-13-21-48-43(47)49-26-29-19-20-31(45)35(23-29)61-30-16-11-8-12-17-30/h7-12,14-17,19-20,23,27,32-34,38H,13,18,21-22,24-26,46H2,1-6H3,(H,50,58)(H,51,57)(H,52,56)(H,59,60)(H3,47,48,49)/t32-,33+,34-,38-/m0/s1. The summed E-state index contributed by atoms with van der Waals surface area (Å²) in [6, 6.07) is 16.5. The Morgan fingerprint density at radius 2 is 1.48 bits per heavy atom. The number of nitrogens with two attached hydrogens (primary N) is 2. The van der Waals surface area contributed by atoms with Crippen LogP contribution >= 0.6 is 0 Å². The summed E-state index contributed by atoms with van der Waals surface area (Å²) in [5.41, 5.74) is 12.0. The Morgan fingerprint density at radius 3 is 2.08 bits per heavy atom. The summed E-state index contributed by atoms with van der Waals surface area (Å²) in [4.78, 5) is 84.3. The first-order chi connectivity index (χ1) is 29.3. The van der Waals surface area contributed by atoms with Crippen molar-refractivity contribution in [3.05, 3.63) is 95.8 Å². The number of aliphatic carboxylic acids is 1. The van der Waals surface area contributed by atoms with E-state index in [0.29, 0.717) is 16.9 Å². The Balaban J connectivity index is 1.66. The van der Waals surface area contributed by atoms with Crippen LogP contribution in [0.2, 0.25) is 0 Å². The number of amides is 4. The van der Waals surface area contributed by atoms with Crippen LogP contribution in [-0.2, 0) is 46.5 Å². The second kappa shape index (κ2) is 24.0. The molecule has 0 bridgehead atoms. The van der Waals surface area contributed by atoms with E-state index < -0.39 is 90.0 Å². The summed E-state index contributed by atoms with van der Waals surface area (Å²) in [6.45, 7) is 8.12. The number of nitrogens with one attached hydrogen (secondary N) is 4. The molecule has 3 aromatic rings. The van der Waals surface area contributed by atoms with Crippen molar-refractivity contribution in [3.63, 3.8) is 0 Å². The molecule has 4 atom stereocenters. The number of likely N-dealkylation sites (N-methyl/N-ethyl adjacent to an activating group) is 1. The zero-order chi connectivity index (χ0) is 46.0. The van der Waals surface area contributed by atoms with Gasteiger partial charge in [-0.3, -0.25) is 24.0 Å². The Labute approximate surface area is 361 Å². The number of hydrogen-bond donors (Lipinski definition) is 7. The number of hydrogen-bond acceptors (Lipinski definition) is 10. The molecule has 0 aliphatic heterocycles. The number of carboxylic acid groups (broad SMARTS) is 1. The molecular weight excluding hydrogens is 804 g/mol. The molecule has 0 saturated carbocycles. The Morgan fingerprint density at radius 1 is 0.855 bits per heavy atom. The molecule has 0 aromatic heterocycles. The number of esters is 1. The Hall–Kier alpha value is -6.56. The molecule has 0 fully saturated rings. The lowest BCUT2D eigenvalue weighted by Crippen LogP contribution is -2.59. The molecule has 0 heterocycles. The number of halogens is 1. The van der Waals surface area contributed by atoms with Crippen molar-refractivity contribution in [2.24, 2.45) is 22.4 Å². The fourth-order valence-electron chi connectivity index (χ4n) is 5.99. The number of carbonyl (C=O) groups is 6. The minimum absolute atomic E-state index is 0.0149. The molecule has 0 saturated heterocycles. The SMILES string of the molecule is CC(C)[C@H](NC(=O)[C@@H](Cc1ccccc1)NC(=O)[C@H](CC(=O)OC(C)(C)C)N(C)C(=O)CN)C(=O)N[C@@H](CCCNC(N)=NCc1ccc(F)c(Oc2ccccc2)c1)C(=O)O. The highest BCUT2D eigenvalue weighted by atomic mass is 19.1. The van der Waals surface area contributed by atoms with Gasteiger partial charge in [-0.1, -0.05) is 68.4 Å². The van der Waals surface area contributed by atoms with E-state index in [1.807, 2.05) is 6.07 Å². The van der Waals surface area contributed by atoms with E-state index in [-0.39, 0.29) is 44.1 Å². The van der Waals surface area contributed by atoms with E-state index in [1.54, 1.807) is 95.3 Å². The predicted molar refractivity (Wildman–Crippen MR) is 230 cm³/mol. The topological polar surface area (TPSA) is 257 Å². The number of benzene rings is 3. The molecule has 0 unspecified atom stereocenters. The lowest BCUT2D eigenvalue weighted by atomic mass is 10.00. The van der Waals surface area contributed by atoms with Gasteiger partial charge in [0.15, 0.2) is 17.5 Å². The number of guanidine groups is 1. The first-order valence-electron chi connectivity index (χ1n) is 20.2. The highest BCUT2D eigenvalue weighted by molar-refractivity contribution is 5.96. The summed E-state index contributed by atoms with van der Waals surface area (Å²) in [7, 11) is 1.31. The summed E-state index contributed by atoms with van der Waals surface area (Å²) in [5.74, 6) is -5.61. The normalized spacial score (nSPS) is 13.5. The molecule has 0 radical (unpaired) electrons. The molecular formula is C44H59FN8O9. The summed E-state index contributed by atoms with van der Waals surface area (Å²) in [6.07, 6.45) is -0.341. The average molecular weight is 863 g/mol. The van der Waals surface area contributed by atoms with E-state index in [4.69, 9.17) is 20.9 Å². The second-order valence-corrected chi connectivity index (χ2v) is 15.8. The number of rotatable bonds is 22. The van der Waals surface area contributed by atoms with Crippen molar-refractivity contribution in [2.75, 3.05) is 20.1 Å². The van der Waals surface area contributed by atoms with E-state index in [1.165, 1.54) is 19.2 Å². The fraction of sp³-hybridized carbons (Fsp3) is 0.432. The van der Waals surface area contributed by atoms with E-state index in [9.17, 15) is 38.3 Å². The van der Waals surface area contributed by atoms with Gasteiger partial charge in [-0.2, -0.15) is 0 Å². The molecule has 3 aromatic carbocycles. The van der Waals surface area contributed by atoms with Gasteiger partial charge in [-0.25, -0.2) is 14.2 Å². The third kappa shape index (κ3) is 16.8. The van der Waals surface area contributed by atoms with Gasteiger partial charge in [0.25, 0.3) is 0 Å². The van der Waals surface area contributed by atoms with Crippen LogP contribution in [0.15, 0.2) is 83.9 Å². The largest absolute Gasteiger partial charge is 0.480 e. The van der Waals surface area contributed by atoms with Gasteiger partial charge >= 0.3 is 11.9 Å². The van der Waals surface area contributed by atoms with Crippen molar-refractivity contribution >= 4 is 41.5 Å². The molecule has 0 aliphatic rings. The number of carbonyl (C=O) groups excluding carboxylic acids is 5. The number of nitrogens with zero attached hydrogens (tertiary/aromatic N) is 2. The van der Waals surface area contributed by atoms with Crippen molar-refractivity contribution in [2.45, 2.75) is 96.6 Å². The molecule has 4 amide bonds. The molecule has 18 heteroatoms. The number of carboxylic acids is 1. The van der Waals surface area contributed by atoms with E-state index in [2.05, 4.69) is 26.3 Å². The number of ether oxygens (including phenoxy) is 2. The van der Waals surface area contributed by atoms with Gasteiger partial charge < -0.3 is 52.2 Å². The maximum absolute atomic E-state index is 14.4. The van der Waals surface area contributed by atoms with Gasteiger partial charge in [0.1, 0.15) is 35.5 Å². The average Bonchev–Trinajstić information content (AvgIpc) is 3.22. The molecule has 0 spiro atoms. The van der Waals surface area contributed by atoms with Crippen molar-refractivity contribution < 1.29 is 47.7 Å². The third-order valence-electron chi connectivity index (χ3n) is 9.27. The van der Waals surface area contributed by atoms with Gasteiger partial charge in [-0.15, -0.1) is 0 Å². The highest BCUT2D eigenvalue weighted by Crippen LogP contribution is 2.25. The molecule has 17 nitrogen and oxygen atoms in total. The summed E-state index contributed by atoms with van der Waals surface area (Å²) >= 11 is 0. The zero-order valence-electron chi connectivity index (χ0n) is 36.0. The van der Waals surface area contributed by atoms with Crippen LogP contribution in [-0.4, -0.2) is 101 Å². The second-order valence-electron chi connectivity index (χ2n) is 15.8. The van der Waals surface area contributed by atoms with E-state index in [0.717, 1.165) is 4.90 Å². The molecule has 3 rings (SSSR count). The number of para-hydroxylation sites is 1. The van der Waals surface area contributed by atoms with Gasteiger partial charge in [0.2, 0.25) is 23.6 Å². The van der Waals surface area contributed by atoms with Crippen LogP contribution in [0.3, 0.4) is 0 Å². The molecule has 336 valence electrons. The zero-order valence-corrected chi connectivity index (χ0v) is 36.0. The van der Waals surface area contributed by atoms with Gasteiger partial charge in [-0.05, 0) is 74.9 Å². The van der Waals surface area contributed by atoms with Crippen LogP contribution in [0.25, 0.3) is 0 Å². The van der Waals surface area contributed by atoms with E-state index >= 15 is 0 Å². The van der Waals surface area contributed by atoms with Crippen LogP contribution in [0.4, 0.5) is 4.39 Å². The Kier molecular flexibility index (Phi) is 19.3. The van der Waals surface area contributed by atoms with Gasteiger partial charge in [0.05, 0.1) is 19.5 Å². The molecule has 0 aliphatic carbocycles. The van der Waals surface area contributed by atoms with Crippen molar-refractivity contribution in [1.29, 1.82) is 0 Å². The first-order valence-corrected chi connectivity index (χ1v) is 20.2. The predicted octanol–water partition coefficient (Wildman–Crippen LogP) is 2.76. The summed E-state index contributed by atoms with van der Waals surface area (Å²) < 4.78 is 25.4. The van der Waals surface area contributed by atoms with Crippen molar-refractivity contribution in [3.8, 4) is 11.5 Å². The quantitative estimate of drug-likeness (QED) is 0.0333. The maximum atomic E-state index is 14.4. The molecule has 9 N–H and O–H groups in total. The van der Waals surface area contributed by atoms with Gasteiger partial charge in [0, 0.05) is 20.0 Å². The smallest absolute Gasteiger partial charge is 0.326 e. The van der Waals surface area contributed by atoms with Crippen LogP contribution in [0.1, 0.15) is 65.0 Å². The fourth-order valence-corrected chi connectivity index (χ4v) is 5.99. The molecule has 62 heavy (non-hydrogen) atoms. The highest BCUT2D eigenvalue weighted by Gasteiger charge is 2.35. The Bertz CT molecular complexity index is 2010. The van der Waals surface area contributed by atoms with Crippen LogP contribution in [0.5, 0.6) is 11.5 Å². The summed E-state index contributed by atoms with van der Waals surface area (Å²) in [5, 5.41) is 20.7. The lowest BCUT2D eigenvalue weighted by Gasteiger charge is -2.30. The maximum Gasteiger partial charge on any atom is 0.326 e. The number of aliphatic imine (C=N–C) groups is 1. The minimum atomic E-state index is -1.40. The monoisotopic (exact) mass is 862 g/mol. The lowest BCUT2D eigenvalue weighted by molar-refractivity contribution is -0.158. The van der Waals surface area contributed by atoms with Crippen LogP contribution in [0, 0.1) is 11.7 Å². The first kappa shape index (κ1) is 49.8. The third-order valence-corrected chi connectivity index (χ3v) is 9.27. The van der Waals surface area contributed by atoms with Crippen LogP contribution < -0.4 is 37.5 Å². The van der Waals surface area contributed by atoms with Crippen molar-refractivity contribution in [1.82, 2.24) is 26.2 Å². The minimum Gasteiger partial charge on any atom is -0.480 e.